The van der Waals surface area contributed by atoms with Gasteiger partial charge in [-0.1, -0.05) is 13.5 Å². The first-order valence-corrected chi connectivity index (χ1v) is 14.0. The van der Waals surface area contributed by atoms with Crippen LogP contribution in [0.4, 0.5) is 37.5 Å². The summed E-state index contributed by atoms with van der Waals surface area (Å²) in [5, 5.41) is 7.65. The van der Waals surface area contributed by atoms with Crippen molar-refractivity contribution in [1.82, 2.24) is 14.9 Å². The fraction of sp³-hybridized carbons (Fsp3) is 0.367. The van der Waals surface area contributed by atoms with Gasteiger partial charge >= 0.3 is 0 Å². The third kappa shape index (κ3) is 6.44. The number of rotatable bonds is 10. The van der Waals surface area contributed by atoms with Crippen molar-refractivity contribution in [2.24, 2.45) is 0 Å². The first kappa shape index (κ1) is 29.2. The number of methoxy groups -OCH3 is 1. The van der Waals surface area contributed by atoms with Crippen molar-refractivity contribution in [3.05, 3.63) is 72.6 Å². The first-order chi connectivity index (χ1) is 20.4. The average Bonchev–Trinajstić information content (AvgIpc) is 3.49. The van der Waals surface area contributed by atoms with Gasteiger partial charge in [-0.3, -0.25) is 14.5 Å². The average molecular weight is 580 g/mol. The van der Waals surface area contributed by atoms with Crippen LogP contribution in [0, 0.1) is 11.6 Å². The van der Waals surface area contributed by atoms with Gasteiger partial charge < -0.3 is 20.3 Å². The van der Waals surface area contributed by atoms with Crippen LogP contribution in [0.1, 0.15) is 31.4 Å². The normalized spacial score (nSPS) is 17.3. The van der Waals surface area contributed by atoms with Crippen molar-refractivity contribution in [3.63, 3.8) is 0 Å². The molecule has 3 heterocycles. The standard InChI is InChI=1S/C30H35F2N7O3/c1-4-9-37-10-12-38(13-11-37)26-17-27(41-3)24(16-23(26)36-30(40)5-2)35-28-18-29(34-19-33-28)39-25(8-14-42-39)21-15-20(31)6-7-22(21)32/h5-7,15-19,25H,2,4,8-14H2,1,3H3,(H,36,40)(H,33,34,35). The number of hydrogen-bond donors (Lipinski definition) is 2. The number of piperazine rings is 1. The summed E-state index contributed by atoms with van der Waals surface area (Å²) in [7, 11) is 1.58. The summed E-state index contributed by atoms with van der Waals surface area (Å²) >= 11 is 0. The molecule has 2 aliphatic heterocycles. The van der Waals surface area contributed by atoms with Crippen LogP contribution in [-0.2, 0) is 9.63 Å². The van der Waals surface area contributed by atoms with Gasteiger partial charge in [0, 0.05) is 50.3 Å². The third-order valence-corrected chi connectivity index (χ3v) is 7.38. The number of carbonyl (C=O) groups is 1. The lowest BCUT2D eigenvalue weighted by Gasteiger charge is -2.37. The van der Waals surface area contributed by atoms with E-state index in [1.54, 1.807) is 19.2 Å². The van der Waals surface area contributed by atoms with Gasteiger partial charge in [0.2, 0.25) is 5.91 Å². The van der Waals surface area contributed by atoms with Gasteiger partial charge in [0.25, 0.3) is 0 Å². The minimum Gasteiger partial charge on any atom is -0.494 e. The van der Waals surface area contributed by atoms with E-state index in [-0.39, 0.29) is 11.5 Å². The second-order valence-electron chi connectivity index (χ2n) is 10.1. The number of halogens is 2. The van der Waals surface area contributed by atoms with Crippen LogP contribution in [-0.4, -0.2) is 67.2 Å². The molecule has 0 aliphatic carbocycles. The van der Waals surface area contributed by atoms with Gasteiger partial charge in [0.15, 0.2) is 5.82 Å². The Morgan fingerprint density at radius 3 is 2.69 bits per heavy atom. The zero-order valence-corrected chi connectivity index (χ0v) is 23.8. The lowest BCUT2D eigenvalue weighted by atomic mass is 10.0. The molecule has 0 spiro atoms. The molecule has 1 atom stereocenters. The van der Waals surface area contributed by atoms with E-state index in [0.717, 1.165) is 57.0 Å². The quantitative estimate of drug-likeness (QED) is 0.320. The lowest BCUT2D eigenvalue weighted by molar-refractivity contribution is -0.111. The van der Waals surface area contributed by atoms with Gasteiger partial charge in [-0.05, 0) is 43.3 Å². The number of aromatic nitrogens is 2. The Labute approximate surface area is 243 Å². The maximum absolute atomic E-state index is 14.6. The van der Waals surface area contributed by atoms with Crippen LogP contribution in [0.15, 0.2) is 55.4 Å². The van der Waals surface area contributed by atoms with Crippen molar-refractivity contribution >= 4 is 34.6 Å². The van der Waals surface area contributed by atoms with Crippen molar-refractivity contribution in [3.8, 4) is 5.75 Å². The molecule has 0 saturated carbocycles. The Kier molecular flexibility index (Phi) is 9.13. The smallest absolute Gasteiger partial charge is 0.247 e. The highest BCUT2D eigenvalue weighted by molar-refractivity contribution is 6.02. The third-order valence-electron chi connectivity index (χ3n) is 7.38. The monoisotopic (exact) mass is 579 g/mol. The molecule has 222 valence electrons. The van der Waals surface area contributed by atoms with Crippen LogP contribution in [0.5, 0.6) is 5.75 Å². The van der Waals surface area contributed by atoms with Crippen molar-refractivity contribution < 1.29 is 23.1 Å². The summed E-state index contributed by atoms with van der Waals surface area (Å²) in [5.41, 5.74) is 2.20. The van der Waals surface area contributed by atoms with E-state index in [9.17, 15) is 13.6 Å². The minimum absolute atomic E-state index is 0.191. The summed E-state index contributed by atoms with van der Waals surface area (Å²) < 4.78 is 34.2. The highest BCUT2D eigenvalue weighted by Crippen LogP contribution is 2.40. The molecule has 1 aromatic heterocycles. The van der Waals surface area contributed by atoms with E-state index in [0.29, 0.717) is 41.8 Å². The number of carbonyl (C=O) groups excluding carboxylic acids is 1. The Hall–Kier alpha value is -4.29. The SMILES string of the molecule is C=CC(=O)Nc1cc(Nc2cc(N3OCCC3c3cc(F)ccc3F)ncn2)c(OC)cc1N1CCN(CCC)CC1. The van der Waals surface area contributed by atoms with Gasteiger partial charge in [-0.25, -0.2) is 23.8 Å². The van der Waals surface area contributed by atoms with Crippen LogP contribution >= 0.6 is 0 Å². The van der Waals surface area contributed by atoms with E-state index < -0.39 is 17.7 Å². The molecule has 0 bridgehead atoms. The maximum atomic E-state index is 14.6. The predicted molar refractivity (Wildman–Crippen MR) is 158 cm³/mol. The van der Waals surface area contributed by atoms with Gasteiger partial charge in [0.1, 0.15) is 29.5 Å². The topological polar surface area (TPSA) is 95.1 Å². The predicted octanol–water partition coefficient (Wildman–Crippen LogP) is 5.05. The van der Waals surface area contributed by atoms with Crippen LogP contribution in [0.25, 0.3) is 0 Å². The van der Waals surface area contributed by atoms with Gasteiger partial charge in [0.05, 0.1) is 36.8 Å². The zero-order valence-electron chi connectivity index (χ0n) is 23.8. The lowest BCUT2D eigenvalue weighted by Crippen LogP contribution is -2.46. The second-order valence-corrected chi connectivity index (χ2v) is 10.1. The molecule has 2 aliphatic rings. The summed E-state index contributed by atoms with van der Waals surface area (Å²) in [6, 6.07) is 8.16. The number of hydrogen-bond acceptors (Lipinski definition) is 9. The highest BCUT2D eigenvalue weighted by Gasteiger charge is 2.31. The number of ether oxygens (including phenoxy) is 1. The van der Waals surface area contributed by atoms with Crippen LogP contribution in [0.2, 0.25) is 0 Å². The Balaban J connectivity index is 1.42. The molecule has 5 rings (SSSR count). The maximum Gasteiger partial charge on any atom is 0.247 e. The molecule has 2 fully saturated rings. The molecule has 10 nitrogen and oxygen atoms in total. The zero-order chi connectivity index (χ0) is 29.6. The molecule has 2 saturated heterocycles. The summed E-state index contributed by atoms with van der Waals surface area (Å²) in [6.07, 6.45) is 4.15. The van der Waals surface area contributed by atoms with Gasteiger partial charge in [-0.15, -0.1) is 0 Å². The van der Waals surface area contributed by atoms with Crippen molar-refractivity contribution in [2.45, 2.75) is 25.8 Å². The Morgan fingerprint density at radius 1 is 1.14 bits per heavy atom. The van der Waals surface area contributed by atoms with Crippen molar-refractivity contribution in [2.75, 3.05) is 67.0 Å². The number of anilines is 5. The molecular formula is C30H35F2N7O3. The summed E-state index contributed by atoms with van der Waals surface area (Å²) in [6.45, 7) is 10.6. The number of benzene rings is 2. The molecular weight excluding hydrogens is 544 g/mol. The number of hydroxylamine groups is 1. The molecule has 2 aromatic carbocycles. The summed E-state index contributed by atoms with van der Waals surface area (Å²) in [4.78, 5) is 31.5. The number of nitrogens with one attached hydrogen (secondary N) is 2. The van der Waals surface area contributed by atoms with Crippen LogP contribution < -0.4 is 25.3 Å². The molecule has 1 unspecified atom stereocenters. The molecule has 12 heteroatoms. The molecule has 3 aromatic rings. The van der Waals surface area contributed by atoms with E-state index in [1.165, 1.54) is 23.5 Å². The second kappa shape index (κ2) is 13.1. The highest BCUT2D eigenvalue weighted by atomic mass is 19.1. The van der Waals surface area contributed by atoms with E-state index in [1.807, 2.05) is 6.07 Å². The summed E-state index contributed by atoms with van der Waals surface area (Å²) in [5.74, 6) is -0.0393. The fourth-order valence-electron chi connectivity index (χ4n) is 5.33. The van der Waals surface area contributed by atoms with E-state index >= 15 is 0 Å². The number of nitrogens with zero attached hydrogens (tertiary/aromatic N) is 5. The largest absolute Gasteiger partial charge is 0.494 e. The minimum atomic E-state index is -0.559. The Morgan fingerprint density at radius 2 is 1.95 bits per heavy atom. The molecule has 42 heavy (non-hydrogen) atoms. The fourth-order valence-corrected chi connectivity index (χ4v) is 5.33. The van der Waals surface area contributed by atoms with E-state index in [4.69, 9.17) is 9.57 Å². The molecule has 1 amide bonds. The Bertz CT molecular complexity index is 1430. The van der Waals surface area contributed by atoms with Crippen molar-refractivity contribution in [1.29, 1.82) is 0 Å². The first-order valence-electron chi connectivity index (χ1n) is 14.0. The van der Waals surface area contributed by atoms with Crippen LogP contribution in [0.3, 0.4) is 0 Å². The molecule has 0 radical (unpaired) electrons. The molecule has 2 N–H and O–H groups in total. The van der Waals surface area contributed by atoms with Gasteiger partial charge in [-0.2, -0.15) is 0 Å². The van der Waals surface area contributed by atoms with E-state index in [2.05, 4.69) is 43.9 Å². The number of amides is 1.